The highest BCUT2D eigenvalue weighted by molar-refractivity contribution is 6.38. The number of primary amides is 1. The highest BCUT2D eigenvalue weighted by Gasteiger charge is 2.46. The van der Waals surface area contributed by atoms with Gasteiger partial charge in [0.15, 0.2) is 0 Å². The topological polar surface area (TPSA) is 155 Å². The number of alkyl carbamates (subject to hydrolysis) is 1. The molecule has 46 heavy (non-hydrogen) atoms. The van der Waals surface area contributed by atoms with Crippen LogP contribution in [0.25, 0.3) is 10.9 Å². The number of ether oxygens (including phenoxy) is 1. The van der Waals surface area contributed by atoms with E-state index in [0.29, 0.717) is 45.8 Å². The fourth-order valence-electron chi connectivity index (χ4n) is 5.80. The number of rotatable bonds is 12. The van der Waals surface area contributed by atoms with Crippen LogP contribution in [0, 0.1) is 17.7 Å². The molecule has 0 radical (unpaired) electrons. The molecule has 2 aromatic carbocycles. The molecule has 13 heteroatoms. The van der Waals surface area contributed by atoms with E-state index < -0.39 is 47.3 Å². The monoisotopic (exact) mass is 675 g/mol. The number of benzene rings is 2. The molecule has 1 aromatic heterocycles. The number of aryl methyl sites for hydroxylation is 1. The maximum atomic E-state index is 14.2. The zero-order chi connectivity index (χ0) is 33.8. The molecule has 10 nitrogen and oxygen atoms in total. The third kappa shape index (κ3) is 7.75. The molecular weight excluding hydrogens is 636 g/mol. The van der Waals surface area contributed by atoms with Crippen LogP contribution < -0.4 is 21.7 Å². The molecule has 0 aliphatic heterocycles. The Balaban J connectivity index is 1.66. The van der Waals surface area contributed by atoms with Crippen molar-refractivity contribution in [2.45, 2.75) is 84.0 Å². The number of aromatic amines is 1. The van der Waals surface area contributed by atoms with Gasteiger partial charge in [-0.05, 0) is 60.1 Å². The summed E-state index contributed by atoms with van der Waals surface area (Å²) in [6.07, 6.45) is 0.824. The number of nitrogens with two attached hydrogens (primary N) is 1. The summed E-state index contributed by atoms with van der Waals surface area (Å²) in [7, 11) is 0. The van der Waals surface area contributed by atoms with Gasteiger partial charge >= 0.3 is 6.09 Å². The number of amides is 4. The van der Waals surface area contributed by atoms with Crippen LogP contribution in [0.3, 0.4) is 0 Å². The standard InChI is InChI=1S/C33H40Cl2FN5O5/c1-5-17(3)26(29(37)42)39-31(44)33(11-10-25-23(15-33)22-13-20(34)14-24(35)28(22)38-25)41-30(43)27(18(4)6-2)40-32(45)46-16-19-8-7-9-21(36)12-19/h7-9,12-14,17-18,26-27,38H,5-6,10-11,15-16H2,1-4H3,(H2,37,42)(H,39,44)(H,40,45)(H,41,43)/t17-,18-,26?,27?,33+/m0/s1. The summed E-state index contributed by atoms with van der Waals surface area (Å²) in [5, 5.41) is 9.93. The number of nitrogens with one attached hydrogen (secondary N) is 4. The van der Waals surface area contributed by atoms with Crippen molar-refractivity contribution in [3.63, 3.8) is 0 Å². The van der Waals surface area contributed by atoms with Crippen LogP contribution in [0.4, 0.5) is 9.18 Å². The van der Waals surface area contributed by atoms with E-state index in [1.807, 2.05) is 20.8 Å². The number of H-pyrrole nitrogens is 1. The Bertz CT molecular complexity index is 1630. The maximum Gasteiger partial charge on any atom is 0.408 e. The quantitative estimate of drug-likeness (QED) is 0.176. The van der Waals surface area contributed by atoms with Crippen LogP contribution >= 0.6 is 23.2 Å². The van der Waals surface area contributed by atoms with E-state index in [9.17, 15) is 23.6 Å². The molecule has 0 bridgehead atoms. The molecule has 0 saturated heterocycles. The van der Waals surface area contributed by atoms with Gasteiger partial charge in [0, 0.05) is 22.5 Å². The van der Waals surface area contributed by atoms with E-state index >= 15 is 0 Å². The summed E-state index contributed by atoms with van der Waals surface area (Å²) >= 11 is 12.8. The molecule has 1 heterocycles. The van der Waals surface area contributed by atoms with E-state index in [1.165, 1.54) is 18.2 Å². The molecule has 6 N–H and O–H groups in total. The summed E-state index contributed by atoms with van der Waals surface area (Å²) in [5.74, 6) is -2.96. The zero-order valence-electron chi connectivity index (χ0n) is 26.3. The Morgan fingerprint density at radius 2 is 1.74 bits per heavy atom. The lowest BCUT2D eigenvalue weighted by Gasteiger charge is -2.39. The third-order valence-corrected chi connectivity index (χ3v) is 9.45. The maximum absolute atomic E-state index is 14.2. The van der Waals surface area contributed by atoms with E-state index in [1.54, 1.807) is 25.1 Å². The van der Waals surface area contributed by atoms with Crippen molar-refractivity contribution in [1.82, 2.24) is 20.9 Å². The molecule has 1 aliphatic rings. The Morgan fingerprint density at radius 1 is 1.04 bits per heavy atom. The highest BCUT2D eigenvalue weighted by atomic mass is 35.5. The van der Waals surface area contributed by atoms with Crippen molar-refractivity contribution in [3.8, 4) is 0 Å². The Kier molecular flexibility index (Phi) is 11.2. The van der Waals surface area contributed by atoms with Crippen LogP contribution in [0.2, 0.25) is 10.0 Å². The van der Waals surface area contributed by atoms with Gasteiger partial charge in [0.2, 0.25) is 17.7 Å². The summed E-state index contributed by atoms with van der Waals surface area (Å²) < 4.78 is 18.9. The number of fused-ring (bicyclic) bond motifs is 3. The van der Waals surface area contributed by atoms with Gasteiger partial charge in [-0.15, -0.1) is 0 Å². The fourth-order valence-corrected chi connectivity index (χ4v) is 6.34. The SMILES string of the molecule is CC[C@H](C)C(NC(=O)[C@@]1(NC(=O)C(NC(=O)OCc2cccc(F)c2)[C@@H](C)CC)CCc2[nH]c3c(Cl)cc(Cl)cc3c2C1)C(N)=O. The van der Waals surface area contributed by atoms with E-state index in [-0.39, 0.29) is 31.3 Å². The number of hydrogen-bond acceptors (Lipinski definition) is 5. The zero-order valence-corrected chi connectivity index (χ0v) is 27.8. The molecule has 1 aliphatic carbocycles. The van der Waals surface area contributed by atoms with Gasteiger partial charge in [0.25, 0.3) is 0 Å². The number of halogens is 3. The Morgan fingerprint density at radius 3 is 2.39 bits per heavy atom. The summed E-state index contributed by atoms with van der Waals surface area (Å²) in [6, 6.07) is 6.95. The number of hydrogen-bond donors (Lipinski definition) is 5. The predicted octanol–water partition coefficient (Wildman–Crippen LogP) is 5.31. The fraction of sp³-hybridized carbons (Fsp3) is 0.455. The van der Waals surface area contributed by atoms with Crippen LogP contribution in [0.15, 0.2) is 36.4 Å². The summed E-state index contributed by atoms with van der Waals surface area (Å²) in [4.78, 5) is 56.8. The first-order chi connectivity index (χ1) is 21.8. The first-order valence-corrected chi connectivity index (χ1v) is 16.1. The van der Waals surface area contributed by atoms with Crippen molar-refractivity contribution in [3.05, 3.63) is 69.1 Å². The number of aromatic nitrogens is 1. The van der Waals surface area contributed by atoms with Crippen molar-refractivity contribution in [1.29, 1.82) is 0 Å². The van der Waals surface area contributed by atoms with Crippen molar-refractivity contribution in [2.24, 2.45) is 17.6 Å². The van der Waals surface area contributed by atoms with Gasteiger partial charge in [-0.2, -0.15) is 0 Å². The van der Waals surface area contributed by atoms with Gasteiger partial charge in [-0.3, -0.25) is 14.4 Å². The lowest BCUT2D eigenvalue weighted by atomic mass is 9.78. The molecule has 5 atom stereocenters. The van der Waals surface area contributed by atoms with E-state index in [2.05, 4.69) is 20.9 Å². The van der Waals surface area contributed by atoms with Crippen molar-refractivity contribution >= 4 is 57.9 Å². The van der Waals surface area contributed by atoms with Crippen molar-refractivity contribution in [2.75, 3.05) is 0 Å². The van der Waals surface area contributed by atoms with Gasteiger partial charge in [-0.1, -0.05) is 75.9 Å². The molecular formula is C33H40Cl2FN5O5. The lowest BCUT2D eigenvalue weighted by Crippen LogP contribution is -2.67. The molecule has 4 amide bonds. The highest BCUT2D eigenvalue weighted by Crippen LogP contribution is 2.38. The Hall–Kier alpha value is -3.83. The molecule has 0 saturated carbocycles. The van der Waals surface area contributed by atoms with Crippen LogP contribution in [0.1, 0.15) is 63.8 Å². The third-order valence-electron chi connectivity index (χ3n) is 8.93. The molecule has 248 valence electrons. The molecule has 4 rings (SSSR count). The van der Waals surface area contributed by atoms with E-state index in [4.69, 9.17) is 33.7 Å². The second-order valence-corrected chi connectivity index (χ2v) is 12.9. The molecule has 0 fully saturated rings. The minimum absolute atomic E-state index is 0.0554. The molecule has 2 unspecified atom stereocenters. The van der Waals surface area contributed by atoms with Crippen LogP contribution in [-0.2, 0) is 38.6 Å². The van der Waals surface area contributed by atoms with Gasteiger partial charge in [0.05, 0.1) is 10.5 Å². The van der Waals surface area contributed by atoms with Gasteiger partial charge < -0.3 is 31.4 Å². The number of carbonyl (C=O) groups excluding carboxylic acids is 4. The molecule has 3 aromatic rings. The average Bonchev–Trinajstić information content (AvgIpc) is 3.38. The smallest absolute Gasteiger partial charge is 0.408 e. The van der Waals surface area contributed by atoms with Crippen molar-refractivity contribution < 1.29 is 28.3 Å². The summed E-state index contributed by atoms with van der Waals surface area (Å²) in [5.41, 5.74) is 6.87. The first-order valence-electron chi connectivity index (χ1n) is 15.4. The second-order valence-electron chi connectivity index (χ2n) is 12.1. The predicted molar refractivity (Wildman–Crippen MR) is 175 cm³/mol. The summed E-state index contributed by atoms with van der Waals surface area (Å²) in [6.45, 7) is 7.14. The minimum Gasteiger partial charge on any atom is -0.445 e. The lowest BCUT2D eigenvalue weighted by molar-refractivity contribution is -0.137. The Labute approximate surface area is 277 Å². The van der Waals surface area contributed by atoms with Crippen LogP contribution in [0.5, 0.6) is 0 Å². The van der Waals surface area contributed by atoms with Gasteiger partial charge in [-0.25, -0.2) is 9.18 Å². The molecule has 0 spiro atoms. The minimum atomic E-state index is -1.52. The first kappa shape index (κ1) is 35.0. The largest absolute Gasteiger partial charge is 0.445 e. The average molecular weight is 677 g/mol. The van der Waals surface area contributed by atoms with Gasteiger partial charge in [0.1, 0.15) is 30.0 Å². The number of carbonyl (C=O) groups is 4. The van der Waals surface area contributed by atoms with E-state index in [0.717, 1.165) is 11.3 Å². The second kappa shape index (κ2) is 14.7. The normalized spacial score (nSPS) is 18.5. The van der Waals surface area contributed by atoms with Crippen LogP contribution in [-0.4, -0.2) is 46.4 Å².